The third-order valence-electron chi connectivity index (χ3n) is 5.95. The van der Waals surface area contributed by atoms with Gasteiger partial charge in [-0.2, -0.15) is 0 Å². The smallest absolute Gasteiger partial charge is 0.270 e. The van der Waals surface area contributed by atoms with Crippen LogP contribution in [0.5, 0.6) is 17.2 Å². The molecule has 0 aliphatic rings. The highest BCUT2D eigenvalue weighted by Gasteiger charge is 2.31. The minimum atomic E-state index is -1.02. The summed E-state index contributed by atoms with van der Waals surface area (Å²) < 4.78 is 16.3. The van der Waals surface area contributed by atoms with Crippen LogP contribution in [-0.4, -0.2) is 36.1 Å². The number of hydrogen-bond donors (Lipinski definition) is 1. The zero-order valence-corrected chi connectivity index (χ0v) is 20.2. The molecule has 37 heavy (non-hydrogen) atoms. The van der Waals surface area contributed by atoms with Crippen LogP contribution in [0, 0.1) is 30.3 Å². The van der Waals surface area contributed by atoms with Gasteiger partial charge < -0.3 is 19.9 Å². The summed E-state index contributed by atoms with van der Waals surface area (Å²) in [6.45, 7) is 0. The average Bonchev–Trinajstić information content (AvgIpc) is 2.90. The molecule has 0 aromatic heterocycles. The van der Waals surface area contributed by atoms with Gasteiger partial charge in [0, 0.05) is 65.0 Å². The molecule has 0 aliphatic carbocycles. The van der Waals surface area contributed by atoms with Crippen molar-refractivity contribution in [1.29, 1.82) is 0 Å². The standard InChI is InChI=1S/C24H24N4O9/c1-35-21-7-4-15(26(29)30)10-14(21)11-19(18-12-16(27(31)32)5-8-22(18)36-2)24(25)20-13-17(28(33)34)6-9-23(20)37-3/h4-10,12-13,19,24H,11,25H2,1-3H3. The number of methoxy groups -OCH3 is 3. The van der Waals surface area contributed by atoms with Crippen molar-refractivity contribution in [3.63, 3.8) is 0 Å². The van der Waals surface area contributed by atoms with Crippen molar-refractivity contribution in [3.8, 4) is 17.2 Å². The van der Waals surface area contributed by atoms with Crippen LogP contribution >= 0.6 is 0 Å². The molecule has 194 valence electrons. The van der Waals surface area contributed by atoms with E-state index in [9.17, 15) is 30.3 Å². The normalized spacial score (nSPS) is 12.3. The van der Waals surface area contributed by atoms with Crippen molar-refractivity contribution < 1.29 is 29.0 Å². The number of hydrogen-bond acceptors (Lipinski definition) is 10. The van der Waals surface area contributed by atoms with Crippen molar-refractivity contribution in [3.05, 3.63) is 102 Å². The second-order valence-corrected chi connectivity index (χ2v) is 7.96. The number of nitrogens with two attached hydrogens (primary N) is 1. The van der Waals surface area contributed by atoms with Crippen molar-refractivity contribution in [1.82, 2.24) is 0 Å². The zero-order valence-electron chi connectivity index (χ0n) is 20.2. The molecule has 0 amide bonds. The Morgan fingerprint density at radius 2 is 1.08 bits per heavy atom. The third kappa shape index (κ3) is 5.73. The first-order chi connectivity index (χ1) is 17.6. The molecule has 0 saturated carbocycles. The molecule has 3 rings (SSSR count). The minimum absolute atomic E-state index is 0.00932. The molecule has 0 spiro atoms. The Morgan fingerprint density at radius 3 is 1.54 bits per heavy atom. The minimum Gasteiger partial charge on any atom is -0.496 e. The molecule has 3 aromatic rings. The number of ether oxygens (including phenoxy) is 3. The average molecular weight is 512 g/mol. The quantitative estimate of drug-likeness (QED) is 0.284. The first-order valence-electron chi connectivity index (χ1n) is 10.8. The highest BCUT2D eigenvalue weighted by atomic mass is 16.6. The summed E-state index contributed by atoms with van der Waals surface area (Å²) in [4.78, 5) is 32.7. The van der Waals surface area contributed by atoms with Crippen LogP contribution in [-0.2, 0) is 6.42 Å². The van der Waals surface area contributed by atoms with E-state index in [-0.39, 0.29) is 40.5 Å². The second-order valence-electron chi connectivity index (χ2n) is 7.96. The molecule has 0 saturated heterocycles. The summed E-state index contributed by atoms with van der Waals surface area (Å²) in [6, 6.07) is 11.0. The summed E-state index contributed by atoms with van der Waals surface area (Å²) in [5.41, 5.74) is 7.03. The highest BCUT2D eigenvalue weighted by molar-refractivity contribution is 5.52. The molecule has 2 unspecified atom stereocenters. The summed E-state index contributed by atoms with van der Waals surface area (Å²) in [5, 5.41) is 34.5. The van der Waals surface area contributed by atoms with Gasteiger partial charge >= 0.3 is 0 Å². The van der Waals surface area contributed by atoms with Crippen molar-refractivity contribution in [2.75, 3.05) is 21.3 Å². The summed E-state index contributed by atoms with van der Waals surface area (Å²) >= 11 is 0. The number of rotatable bonds is 11. The SMILES string of the molecule is COc1ccc([N+](=O)[O-])cc1CC(c1cc([N+](=O)[O-])ccc1OC)C(N)c1cc([N+](=O)[O-])ccc1OC. The van der Waals surface area contributed by atoms with Gasteiger partial charge in [-0.15, -0.1) is 0 Å². The monoisotopic (exact) mass is 512 g/mol. The van der Waals surface area contributed by atoms with Gasteiger partial charge in [0.2, 0.25) is 0 Å². The number of non-ortho nitro benzene ring substituents is 3. The van der Waals surface area contributed by atoms with Crippen LogP contribution < -0.4 is 19.9 Å². The maximum absolute atomic E-state index is 11.6. The predicted octanol–water partition coefficient (Wildman–Crippen LogP) is 4.46. The molecule has 0 radical (unpaired) electrons. The zero-order chi connectivity index (χ0) is 27.3. The topological polar surface area (TPSA) is 183 Å². The number of benzene rings is 3. The fraction of sp³-hybridized carbons (Fsp3) is 0.250. The molecule has 13 nitrogen and oxygen atoms in total. The van der Waals surface area contributed by atoms with Crippen molar-refractivity contribution in [2.24, 2.45) is 5.73 Å². The van der Waals surface area contributed by atoms with Crippen LogP contribution in [0.25, 0.3) is 0 Å². The van der Waals surface area contributed by atoms with Gasteiger partial charge in [0.1, 0.15) is 17.2 Å². The van der Waals surface area contributed by atoms with Crippen LogP contribution in [0.4, 0.5) is 17.1 Å². The van der Waals surface area contributed by atoms with Gasteiger partial charge in [0.05, 0.1) is 36.1 Å². The van der Waals surface area contributed by atoms with Crippen LogP contribution in [0.2, 0.25) is 0 Å². The van der Waals surface area contributed by atoms with E-state index >= 15 is 0 Å². The maximum atomic E-state index is 11.6. The lowest BCUT2D eigenvalue weighted by Gasteiger charge is -2.28. The van der Waals surface area contributed by atoms with Crippen LogP contribution in [0.3, 0.4) is 0 Å². The molecule has 0 heterocycles. The number of nitro groups is 3. The molecular formula is C24H24N4O9. The van der Waals surface area contributed by atoms with Crippen LogP contribution in [0.1, 0.15) is 28.7 Å². The second kappa shape index (κ2) is 11.3. The highest BCUT2D eigenvalue weighted by Crippen LogP contribution is 2.43. The number of nitro benzene ring substituents is 3. The third-order valence-corrected chi connectivity index (χ3v) is 5.95. The molecule has 3 aromatic carbocycles. The molecule has 0 fully saturated rings. The molecule has 2 atom stereocenters. The molecule has 0 aliphatic heterocycles. The molecule has 0 bridgehead atoms. The molecule has 2 N–H and O–H groups in total. The van der Waals surface area contributed by atoms with E-state index in [1.54, 1.807) is 0 Å². The van der Waals surface area contributed by atoms with Crippen molar-refractivity contribution >= 4 is 17.1 Å². The lowest BCUT2D eigenvalue weighted by Crippen LogP contribution is -2.23. The van der Waals surface area contributed by atoms with E-state index in [4.69, 9.17) is 19.9 Å². The van der Waals surface area contributed by atoms with Crippen LogP contribution in [0.15, 0.2) is 54.6 Å². The van der Waals surface area contributed by atoms with Gasteiger partial charge in [0.25, 0.3) is 17.1 Å². The fourth-order valence-electron chi connectivity index (χ4n) is 4.14. The summed E-state index contributed by atoms with van der Waals surface area (Å²) in [6.07, 6.45) is 0.00932. The van der Waals surface area contributed by atoms with Gasteiger partial charge in [-0.25, -0.2) is 0 Å². The van der Waals surface area contributed by atoms with Gasteiger partial charge in [-0.1, -0.05) is 0 Å². The summed E-state index contributed by atoms with van der Waals surface area (Å²) in [7, 11) is 4.16. The first-order valence-corrected chi connectivity index (χ1v) is 10.8. The van der Waals surface area contributed by atoms with E-state index in [1.807, 2.05) is 0 Å². The van der Waals surface area contributed by atoms with Crippen molar-refractivity contribution in [2.45, 2.75) is 18.4 Å². The van der Waals surface area contributed by atoms with E-state index in [0.717, 1.165) is 0 Å². The Morgan fingerprint density at radius 1 is 0.676 bits per heavy atom. The van der Waals surface area contributed by atoms with E-state index < -0.39 is 26.7 Å². The maximum Gasteiger partial charge on any atom is 0.270 e. The lowest BCUT2D eigenvalue weighted by molar-refractivity contribution is -0.385. The Labute approximate surface area is 210 Å². The Kier molecular flexibility index (Phi) is 8.19. The Bertz CT molecular complexity index is 1350. The van der Waals surface area contributed by atoms with Gasteiger partial charge in [0.15, 0.2) is 0 Å². The predicted molar refractivity (Wildman–Crippen MR) is 132 cm³/mol. The van der Waals surface area contributed by atoms with E-state index in [2.05, 4.69) is 0 Å². The lowest BCUT2D eigenvalue weighted by atomic mass is 9.81. The van der Waals surface area contributed by atoms with Gasteiger partial charge in [-0.05, 0) is 24.6 Å². The Balaban J connectivity index is 2.27. The summed E-state index contributed by atoms with van der Waals surface area (Å²) in [5.74, 6) is 0.0539. The Hall–Kier alpha value is -4.78. The number of nitrogens with zero attached hydrogens (tertiary/aromatic N) is 3. The van der Waals surface area contributed by atoms with E-state index in [0.29, 0.717) is 16.9 Å². The van der Waals surface area contributed by atoms with E-state index in [1.165, 1.54) is 75.9 Å². The largest absolute Gasteiger partial charge is 0.496 e. The molecular weight excluding hydrogens is 488 g/mol. The molecule has 13 heteroatoms. The van der Waals surface area contributed by atoms with Gasteiger partial charge in [-0.3, -0.25) is 30.3 Å². The first kappa shape index (κ1) is 26.8. The fourth-order valence-corrected chi connectivity index (χ4v) is 4.14.